The van der Waals surface area contributed by atoms with E-state index >= 15 is 0 Å². The molecule has 2 rings (SSSR count). The lowest BCUT2D eigenvalue weighted by atomic mass is 9.46. The number of nitriles is 1. The normalized spacial score (nSPS) is 39.6. The van der Waals surface area contributed by atoms with E-state index in [0.29, 0.717) is 25.2 Å². The minimum Gasteiger partial charge on any atom is -0.359 e. The molecule has 2 aliphatic rings. The molecule has 0 aliphatic heterocycles. The summed E-state index contributed by atoms with van der Waals surface area (Å²) >= 11 is 0. The molecule has 0 aromatic carbocycles. The van der Waals surface area contributed by atoms with Crippen molar-refractivity contribution in [3.63, 3.8) is 0 Å². The Morgan fingerprint density at radius 1 is 1.43 bits per heavy atom. The molecule has 0 saturated heterocycles. The number of allylic oxidation sites excluding steroid dienone is 1. The molecule has 0 radical (unpaired) electrons. The average Bonchev–Trinajstić information content (AvgIpc) is 2.48. The smallest absolute Gasteiger partial charge is 0.146 e. The van der Waals surface area contributed by atoms with E-state index in [1.807, 2.05) is 0 Å². The van der Waals surface area contributed by atoms with E-state index < -0.39 is 0 Å². The molecule has 0 unspecified atom stereocenters. The Balaban J connectivity index is 2.23. The molecule has 0 heterocycles. The summed E-state index contributed by atoms with van der Waals surface area (Å²) in [6, 6.07) is 2.73. The van der Waals surface area contributed by atoms with Crippen LogP contribution >= 0.6 is 0 Å². The number of rotatable bonds is 5. The summed E-state index contributed by atoms with van der Waals surface area (Å²) in [7, 11) is 1.63. The Bertz CT molecular complexity index is 427. The van der Waals surface area contributed by atoms with Crippen LogP contribution in [0.5, 0.6) is 0 Å². The predicted molar refractivity (Wildman–Crippen MR) is 83.5 cm³/mol. The summed E-state index contributed by atoms with van der Waals surface area (Å²) < 4.78 is 10.5. The first-order chi connectivity index (χ1) is 10.0. The van der Waals surface area contributed by atoms with Gasteiger partial charge in [-0.15, -0.1) is 0 Å². The quantitative estimate of drug-likeness (QED) is 0.431. The monoisotopic (exact) mass is 291 g/mol. The second-order valence-corrected chi connectivity index (χ2v) is 7.12. The van der Waals surface area contributed by atoms with E-state index in [1.165, 1.54) is 18.4 Å². The highest BCUT2D eigenvalue weighted by Gasteiger charge is 2.56. The average molecular weight is 291 g/mol. The highest BCUT2D eigenvalue weighted by molar-refractivity contribution is 5.23. The molecule has 0 amide bonds. The first kappa shape index (κ1) is 16.5. The molecule has 118 valence electrons. The highest BCUT2D eigenvalue weighted by Crippen LogP contribution is 2.62. The van der Waals surface area contributed by atoms with Crippen LogP contribution in [0.25, 0.3) is 0 Å². The topological polar surface area (TPSA) is 42.2 Å². The van der Waals surface area contributed by atoms with Gasteiger partial charge in [0.2, 0.25) is 0 Å². The minimum atomic E-state index is -0.274. The van der Waals surface area contributed by atoms with Crippen molar-refractivity contribution in [1.29, 1.82) is 5.26 Å². The van der Waals surface area contributed by atoms with Gasteiger partial charge in [-0.1, -0.05) is 26.0 Å². The van der Waals surface area contributed by atoms with Crippen LogP contribution in [0.1, 0.15) is 52.4 Å². The number of ether oxygens (including phenoxy) is 2. The van der Waals surface area contributed by atoms with Crippen molar-refractivity contribution in [3.05, 3.63) is 12.2 Å². The number of hydrogen-bond donors (Lipinski definition) is 0. The third-order valence-electron chi connectivity index (χ3n) is 6.22. The molecule has 2 saturated carbocycles. The number of fused-ring (bicyclic) bond motifs is 1. The third kappa shape index (κ3) is 2.76. The van der Waals surface area contributed by atoms with Crippen molar-refractivity contribution < 1.29 is 9.47 Å². The Morgan fingerprint density at radius 3 is 2.86 bits per heavy atom. The molecule has 21 heavy (non-hydrogen) atoms. The van der Waals surface area contributed by atoms with Crippen LogP contribution in [0.3, 0.4) is 0 Å². The summed E-state index contributed by atoms with van der Waals surface area (Å²) in [5.74, 6) is 0.851. The summed E-state index contributed by atoms with van der Waals surface area (Å²) in [4.78, 5) is 0. The molecular weight excluding hydrogens is 262 g/mol. The molecule has 3 heteroatoms. The summed E-state index contributed by atoms with van der Waals surface area (Å²) in [6.45, 7) is 9.84. The zero-order valence-electron chi connectivity index (χ0n) is 13.8. The van der Waals surface area contributed by atoms with Crippen molar-refractivity contribution in [2.45, 2.75) is 52.4 Å². The van der Waals surface area contributed by atoms with Gasteiger partial charge in [0.05, 0.1) is 18.1 Å². The predicted octanol–water partition coefficient (Wildman–Crippen LogP) is 4.30. The third-order valence-corrected chi connectivity index (χ3v) is 6.22. The Morgan fingerprint density at radius 2 is 2.19 bits per heavy atom. The van der Waals surface area contributed by atoms with Gasteiger partial charge in [-0.05, 0) is 55.8 Å². The van der Waals surface area contributed by atoms with Gasteiger partial charge in [-0.3, -0.25) is 0 Å². The fraction of sp³-hybridized carbons (Fsp3) is 0.833. The minimum absolute atomic E-state index is 0.141. The lowest BCUT2D eigenvalue weighted by molar-refractivity contribution is -0.0718. The lowest BCUT2D eigenvalue weighted by Gasteiger charge is -2.57. The first-order valence-corrected chi connectivity index (χ1v) is 8.17. The molecule has 0 N–H and O–H groups in total. The van der Waals surface area contributed by atoms with Gasteiger partial charge >= 0.3 is 0 Å². The van der Waals surface area contributed by atoms with E-state index in [4.69, 9.17) is 9.47 Å². The van der Waals surface area contributed by atoms with E-state index in [2.05, 4.69) is 26.5 Å². The molecule has 0 aromatic rings. The maximum atomic E-state index is 10.0. The number of nitrogens with zero attached hydrogens (tertiary/aromatic N) is 1. The van der Waals surface area contributed by atoms with Crippen molar-refractivity contribution in [2.24, 2.45) is 22.7 Å². The zero-order chi connectivity index (χ0) is 15.5. The fourth-order valence-corrected chi connectivity index (χ4v) is 4.71. The molecule has 0 spiro atoms. The van der Waals surface area contributed by atoms with Crippen molar-refractivity contribution in [1.82, 2.24) is 0 Å². The van der Waals surface area contributed by atoms with Gasteiger partial charge in [0.1, 0.15) is 6.79 Å². The van der Waals surface area contributed by atoms with Crippen LogP contribution < -0.4 is 0 Å². The maximum Gasteiger partial charge on any atom is 0.146 e. The summed E-state index contributed by atoms with van der Waals surface area (Å²) in [5, 5.41) is 10.0. The van der Waals surface area contributed by atoms with Crippen LogP contribution in [0.2, 0.25) is 0 Å². The van der Waals surface area contributed by atoms with Gasteiger partial charge in [0.15, 0.2) is 0 Å². The van der Waals surface area contributed by atoms with Gasteiger partial charge in [0, 0.05) is 7.11 Å². The van der Waals surface area contributed by atoms with Crippen molar-refractivity contribution >= 4 is 0 Å². The Kier molecular flexibility index (Phi) is 5.11. The molecule has 0 aromatic heterocycles. The molecule has 2 aliphatic carbocycles. The maximum absolute atomic E-state index is 10.0. The van der Waals surface area contributed by atoms with Gasteiger partial charge in [-0.2, -0.15) is 5.26 Å². The molecule has 3 nitrogen and oxygen atoms in total. The second-order valence-electron chi connectivity index (χ2n) is 7.12. The van der Waals surface area contributed by atoms with Crippen LogP contribution in [0.15, 0.2) is 12.2 Å². The number of methoxy groups -OCH3 is 1. The molecule has 0 bridgehead atoms. The van der Waals surface area contributed by atoms with E-state index in [0.717, 1.165) is 25.7 Å². The molecular formula is C18H29NO2. The lowest BCUT2D eigenvalue weighted by Crippen LogP contribution is -2.51. The SMILES string of the molecule is C=C1CCC[C@@H]2[C@@](C#N)(CCOCOC)[C@H](C)CC[C@@]12C. The van der Waals surface area contributed by atoms with E-state index in [-0.39, 0.29) is 10.8 Å². The summed E-state index contributed by atoms with van der Waals surface area (Å²) in [5.41, 5.74) is 1.23. The standard InChI is InChI=1S/C18H29NO2/c1-14-6-5-7-16-17(14,3)9-8-15(2)18(16,12-19)10-11-21-13-20-4/h15-16H,1,5-11,13H2,2-4H3/t15-,16+,17+,18-/m1/s1. The largest absolute Gasteiger partial charge is 0.359 e. The Labute approximate surface area is 129 Å². The van der Waals surface area contributed by atoms with Crippen LogP contribution in [0, 0.1) is 34.0 Å². The van der Waals surface area contributed by atoms with Crippen LogP contribution in [-0.2, 0) is 9.47 Å². The fourth-order valence-electron chi connectivity index (χ4n) is 4.71. The van der Waals surface area contributed by atoms with Crippen molar-refractivity contribution in [2.75, 3.05) is 20.5 Å². The molecule has 4 atom stereocenters. The Hall–Kier alpha value is -0.850. The van der Waals surface area contributed by atoms with Crippen molar-refractivity contribution in [3.8, 4) is 6.07 Å². The second kappa shape index (κ2) is 6.50. The number of hydrogen-bond acceptors (Lipinski definition) is 3. The first-order valence-electron chi connectivity index (χ1n) is 8.17. The van der Waals surface area contributed by atoms with Gasteiger partial charge in [0.25, 0.3) is 0 Å². The molecule has 2 fully saturated rings. The van der Waals surface area contributed by atoms with Crippen LogP contribution in [0.4, 0.5) is 0 Å². The van der Waals surface area contributed by atoms with E-state index in [9.17, 15) is 5.26 Å². The zero-order valence-corrected chi connectivity index (χ0v) is 13.8. The van der Waals surface area contributed by atoms with E-state index in [1.54, 1.807) is 7.11 Å². The van der Waals surface area contributed by atoms with Gasteiger partial charge < -0.3 is 9.47 Å². The van der Waals surface area contributed by atoms with Crippen LogP contribution in [-0.4, -0.2) is 20.5 Å². The highest BCUT2D eigenvalue weighted by atomic mass is 16.7. The van der Waals surface area contributed by atoms with Gasteiger partial charge in [-0.25, -0.2) is 0 Å². The summed E-state index contributed by atoms with van der Waals surface area (Å²) in [6.07, 6.45) is 6.56.